The van der Waals surface area contributed by atoms with Gasteiger partial charge in [0.2, 0.25) is 5.88 Å². The predicted molar refractivity (Wildman–Crippen MR) is 125 cm³/mol. The van der Waals surface area contributed by atoms with Crippen LogP contribution in [0.3, 0.4) is 0 Å². The molecule has 9 nitrogen and oxygen atoms in total. The number of pyridine rings is 3. The van der Waals surface area contributed by atoms with Crippen LogP contribution in [0.15, 0.2) is 66.0 Å². The molecule has 3 heterocycles. The third-order valence-electron chi connectivity index (χ3n) is 5.03. The van der Waals surface area contributed by atoms with Gasteiger partial charge in [0.25, 0.3) is 5.91 Å². The standard InChI is InChI=1S/C23H20FN5O4S/c1-33-20-8-7-16(12-27-20)23(30)29(19-4-3-9-26-22(19)34(2,31)32)13-14-5-6-15-11-17(24)21(25)28-18(15)10-14/h3-12H,13H2,1-2H3,(H2,25,28). The van der Waals surface area contributed by atoms with Crippen LogP contribution < -0.4 is 15.4 Å². The maximum atomic E-state index is 13.8. The molecule has 0 bridgehead atoms. The van der Waals surface area contributed by atoms with Crippen molar-refractivity contribution in [3.8, 4) is 5.88 Å². The fourth-order valence-electron chi connectivity index (χ4n) is 3.41. The van der Waals surface area contributed by atoms with Gasteiger partial charge in [0.15, 0.2) is 26.5 Å². The Kier molecular flexibility index (Phi) is 6.12. The molecule has 0 aliphatic rings. The van der Waals surface area contributed by atoms with Gasteiger partial charge in [-0.1, -0.05) is 12.1 Å². The molecule has 1 amide bonds. The maximum Gasteiger partial charge on any atom is 0.260 e. The Bertz CT molecular complexity index is 1490. The first-order valence-electron chi connectivity index (χ1n) is 9.99. The van der Waals surface area contributed by atoms with Gasteiger partial charge in [0, 0.05) is 30.1 Å². The highest BCUT2D eigenvalue weighted by molar-refractivity contribution is 7.90. The first-order valence-corrected chi connectivity index (χ1v) is 11.9. The Labute approximate surface area is 195 Å². The number of nitrogens with zero attached hydrogens (tertiary/aromatic N) is 4. The van der Waals surface area contributed by atoms with E-state index in [9.17, 15) is 17.6 Å². The van der Waals surface area contributed by atoms with Gasteiger partial charge >= 0.3 is 0 Å². The van der Waals surface area contributed by atoms with E-state index < -0.39 is 21.6 Å². The van der Waals surface area contributed by atoms with Gasteiger partial charge in [-0.15, -0.1) is 0 Å². The highest BCUT2D eigenvalue weighted by Crippen LogP contribution is 2.28. The lowest BCUT2D eigenvalue weighted by atomic mass is 10.1. The first-order chi connectivity index (χ1) is 16.2. The molecule has 0 radical (unpaired) electrons. The number of hydrogen-bond donors (Lipinski definition) is 1. The number of amides is 1. The quantitative estimate of drug-likeness (QED) is 0.445. The Balaban J connectivity index is 1.82. The van der Waals surface area contributed by atoms with E-state index in [4.69, 9.17) is 10.5 Å². The zero-order valence-electron chi connectivity index (χ0n) is 18.3. The largest absolute Gasteiger partial charge is 0.481 e. The van der Waals surface area contributed by atoms with Crippen LogP contribution in [0.5, 0.6) is 5.88 Å². The number of halogens is 1. The molecule has 0 aliphatic carbocycles. The minimum atomic E-state index is -3.75. The van der Waals surface area contributed by atoms with Crippen molar-refractivity contribution in [2.24, 2.45) is 0 Å². The number of rotatable bonds is 6. The van der Waals surface area contributed by atoms with Crippen molar-refractivity contribution in [3.63, 3.8) is 0 Å². The van der Waals surface area contributed by atoms with E-state index in [1.54, 1.807) is 24.3 Å². The predicted octanol–water partition coefficient (Wildman–Crippen LogP) is 3.01. The van der Waals surface area contributed by atoms with Crippen LogP contribution in [0, 0.1) is 5.82 Å². The van der Waals surface area contributed by atoms with Gasteiger partial charge < -0.3 is 15.4 Å². The van der Waals surface area contributed by atoms with Crippen molar-refractivity contribution < 1.29 is 22.3 Å². The number of sulfone groups is 1. The number of hydrogen-bond acceptors (Lipinski definition) is 8. The number of benzene rings is 1. The molecule has 34 heavy (non-hydrogen) atoms. The van der Waals surface area contributed by atoms with Crippen LogP contribution in [0.4, 0.5) is 15.9 Å². The lowest BCUT2D eigenvalue weighted by Crippen LogP contribution is -2.32. The summed E-state index contributed by atoms with van der Waals surface area (Å²) in [6.45, 7) is -0.0199. The maximum absolute atomic E-state index is 13.8. The van der Waals surface area contributed by atoms with Crippen molar-refractivity contribution in [2.45, 2.75) is 11.6 Å². The van der Waals surface area contributed by atoms with Gasteiger partial charge in [0.05, 0.1) is 30.4 Å². The van der Waals surface area contributed by atoms with Crippen molar-refractivity contribution in [2.75, 3.05) is 24.0 Å². The first kappa shape index (κ1) is 23.1. The molecule has 0 unspecified atom stereocenters. The Morgan fingerprint density at radius 1 is 1.15 bits per heavy atom. The summed E-state index contributed by atoms with van der Waals surface area (Å²) < 4.78 is 43.6. The summed E-state index contributed by atoms with van der Waals surface area (Å²) in [5, 5.41) is 0.293. The molecular weight excluding hydrogens is 461 g/mol. The fraction of sp³-hybridized carbons (Fsp3) is 0.130. The normalized spacial score (nSPS) is 11.4. The minimum absolute atomic E-state index is 0.0199. The Hall–Kier alpha value is -4.12. The van der Waals surface area contributed by atoms with Gasteiger partial charge in [-0.2, -0.15) is 0 Å². The molecule has 4 rings (SSSR count). The third-order valence-corrected chi connectivity index (χ3v) is 6.05. The van der Waals surface area contributed by atoms with Gasteiger partial charge in [-0.05, 0) is 35.9 Å². The highest BCUT2D eigenvalue weighted by atomic mass is 32.2. The SMILES string of the molecule is COc1ccc(C(=O)N(Cc2ccc3cc(F)c(N)nc3c2)c2cccnc2S(C)(=O)=O)cn1. The highest BCUT2D eigenvalue weighted by Gasteiger charge is 2.26. The second kappa shape index (κ2) is 9.02. The van der Waals surface area contributed by atoms with Crippen molar-refractivity contribution in [1.29, 1.82) is 0 Å². The van der Waals surface area contributed by atoms with Crippen molar-refractivity contribution in [3.05, 3.63) is 77.9 Å². The summed E-state index contributed by atoms with van der Waals surface area (Å²) in [6, 6.07) is 12.4. The number of nitrogen functional groups attached to an aromatic ring is 1. The second-order valence-electron chi connectivity index (χ2n) is 7.46. The zero-order chi connectivity index (χ0) is 24.5. The number of anilines is 2. The molecule has 3 aromatic heterocycles. The zero-order valence-corrected chi connectivity index (χ0v) is 19.1. The summed E-state index contributed by atoms with van der Waals surface area (Å²) in [4.78, 5) is 27.0. The number of ether oxygens (including phenoxy) is 1. The molecule has 0 aliphatic heterocycles. The van der Waals surface area contributed by atoms with E-state index in [0.717, 1.165) is 6.26 Å². The molecule has 4 aromatic rings. The van der Waals surface area contributed by atoms with E-state index >= 15 is 0 Å². The smallest absolute Gasteiger partial charge is 0.260 e. The number of carbonyl (C=O) groups is 1. The minimum Gasteiger partial charge on any atom is -0.481 e. The molecule has 2 N–H and O–H groups in total. The van der Waals surface area contributed by atoms with Crippen LogP contribution in [0.25, 0.3) is 10.9 Å². The molecule has 0 saturated carbocycles. The van der Waals surface area contributed by atoms with Crippen LogP contribution in [-0.4, -0.2) is 42.6 Å². The number of aromatic nitrogens is 3. The number of carbonyl (C=O) groups excluding carboxylic acids is 1. The Morgan fingerprint density at radius 3 is 2.62 bits per heavy atom. The number of methoxy groups -OCH3 is 1. The fourth-order valence-corrected chi connectivity index (χ4v) is 4.22. The van der Waals surface area contributed by atoms with E-state index in [-0.39, 0.29) is 28.6 Å². The van der Waals surface area contributed by atoms with Gasteiger partial charge in [-0.3, -0.25) is 4.79 Å². The monoisotopic (exact) mass is 481 g/mol. The molecule has 0 saturated heterocycles. The van der Waals surface area contributed by atoms with Gasteiger partial charge in [-0.25, -0.2) is 27.8 Å². The molecule has 174 valence electrons. The summed E-state index contributed by atoms with van der Waals surface area (Å²) in [6.07, 6.45) is 3.71. The van der Waals surface area contributed by atoms with Crippen molar-refractivity contribution >= 4 is 38.2 Å². The third kappa shape index (κ3) is 4.64. The summed E-state index contributed by atoms with van der Waals surface area (Å²) in [5.41, 5.74) is 6.98. The van der Waals surface area contributed by atoms with E-state index in [2.05, 4.69) is 15.0 Å². The number of nitrogens with two attached hydrogens (primary N) is 1. The topological polar surface area (TPSA) is 128 Å². The molecule has 11 heteroatoms. The molecule has 0 spiro atoms. The lowest BCUT2D eigenvalue weighted by Gasteiger charge is -2.24. The number of fused-ring (bicyclic) bond motifs is 1. The Morgan fingerprint density at radius 2 is 1.94 bits per heavy atom. The summed E-state index contributed by atoms with van der Waals surface area (Å²) in [5.74, 6) is -1.04. The van der Waals surface area contributed by atoms with Crippen molar-refractivity contribution in [1.82, 2.24) is 15.0 Å². The van der Waals surface area contributed by atoms with E-state index in [1.165, 1.54) is 48.7 Å². The summed E-state index contributed by atoms with van der Waals surface area (Å²) in [7, 11) is -2.30. The van der Waals surface area contributed by atoms with Gasteiger partial charge in [0.1, 0.15) is 0 Å². The molecule has 0 fully saturated rings. The second-order valence-corrected chi connectivity index (χ2v) is 9.39. The molecule has 1 aromatic carbocycles. The average Bonchev–Trinajstić information content (AvgIpc) is 2.82. The van der Waals surface area contributed by atoms with Crippen LogP contribution in [0.2, 0.25) is 0 Å². The molecule has 0 atom stereocenters. The molecular formula is C23H20FN5O4S. The van der Waals surface area contributed by atoms with E-state index in [0.29, 0.717) is 22.3 Å². The van der Waals surface area contributed by atoms with E-state index in [1.807, 2.05) is 0 Å². The van der Waals surface area contributed by atoms with Crippen LogP contribution >= 0.6 is 0 Å². The summed E-state index contributed by atoms with van der Waals surface area (Å²) >= 11 is 0. The van der Waals surface area contributed by atoms with Crippen LogP contribution in [-0.2, 0) is 16.4 Å². The van der Waals surface area contributed by atoms with Crippen LogP contribution in [0.1, 0.15) is 15.9 Å². The lowest BCUT2D eigenvalue weighted by molar-refractivity contribution is 0.0984. The average molecular weight is 482 g/mol.